The van der Waals surface area contributed by atoms with Crippen molar-refractivity contribution in [3.05, 3.63) is 47.7 Å². The highest BCUT2D eigenvalue weighted by Gasteiger charge is 2.04. The van der Waals surface area contributed by atoms with E-state index in [9.17, 15) is 4.79 Å². The lowest BCUT2D eigenvalue weighted by atomic mass is 10.2. The van der Waals surface area contributed by atoms with Gasteiger partial charge in [0.25, 0.3) is 0 Å². The monoisotopic (exact) mass is 203 g/mol. The third kappa shape index (κ3) is 3.38. The Morgan fingerprint density at radius 2 is 2.00 bits per heavy atom. The van der Waals surface area contributed by atoms with Gasteiger partial charge in [-0.3, -0.25) is 0 Å². The van der Waals surface area contributed by atoms with Crippen molar-refractivity contribution in [2.45, 2.75) is 6.92 Å². The number of nitrogens with zero attached hydrogens (tertiary/aromatic N) is 1. The number of rotatable bonds is 3. The third-order valence-electron chi connectivity index (χ3n) is 1.82. The fourth-order valence-corrected chi connectivity index (χ4v) is 1.03. The van der Waals surface area contributed by atoms with Gasteiger partial charge >= 0.3 is 5.97 Å². The molecule has 3 nitrogen and oxygen atoms in total. The zero-order chi connectivity index (χ0) is 11.1. The SMILES string of the molecule is CC=C(N=Cc1ccccc1)C(=O)OC. The number of esters is 1. The average molecular weight is 203 g/mol. The standard InChI is InChI=1S/C12H13NO2/c1-3-11(12(14)15-2)13-9-10-7-5-4-6-8-10/h3-9H,1-2H3. The van der Waals surface area contributed by atoms with Gasteiger partial charge in [0.05, 0.1) is 7.11 Å². The average Bonchev–Trinajstić information content (AvgIpc) is 2.31. The molecule has 0 heterocycles. The molecule has 3 heteroatoms. The Morgan fingerprint density at radius 1 is 1.33 bits per heavy atom. The summed E-state index contributed by atoms with van der Waals surface area (Å²) in [4.78, 5) is 15.2. The fraction of sp³-hybridized carbons (Fsp3) is 0.167. The van der Waals surface area contributed by atoms with Crippen LogP contribution in [0.1, 0.15) is 12.5 Å². The molecule has 0 N–H and O–H groups in total. The molecule has 0 spiro atoms. The summed E-state index contributed by atoms with van der Waals surface area (Å²) in [5, 5.41) is 0. The van der Waals surface area contributed by atoms with Crippen LogP contribution in [-0.4, -0.2) is 19.3 Å². The lowest BCUT2D eigenvalue weighted by Crippen LogP contribution is -2.02. The van der Waals surface area contributed by atoms with Crippen LogP contribution in [0, 0.1) is 0 Å². The van der Waals surface area contributed by atoms with Crippen LogP contribution in [-0.2, 0) is 9.53 Å². The second-order valence-electron chi connectivity index (χ2n) is 2.83. The quantitative estimate of drug-likeness (QED) is 0.429. The summed E-state index contributed by atoms with van der Waals surface area (Å²) in [6, 6.07) is 9.57. The summed E-state index contributed by atoms with van der Waals surface area (Å²) >= 11 is 0. The Balaban J connectivity index is 2.77. The van der Waals surface area contributed by atoms with E-state index in [1.54, 1.807) is 19.2 Å². The van der Waals surface area contributed by atoms with Crippen LogP contribution in [0.25, 0.3) is 0 Å². The molecule has 0 unspecified atom stereocenters. The molecule has 15 heavy (non-hydrogen) atoms. The van der Waals surface area contributed by atoms with E-state index in [-0.39, 0.29) is 0 Å². The molecular weight excluding hydrogens is 190 g/mol. The zero-order valence-corrected chi connectivity index (χ0v) is 8.81. The van der Waals surface area contributed by atoms with Crippen molar-refractivity contribution in [2.75, 3.05) is 7.11 Å². The number of carbonyl (C=O) groups is 1. The maximum Gasteiger partial charge on any atom is 0.356 e. The highest BCUT2D eigenvalue weighted by atomic mass is 16.5. The maximum atomic E-state index is 11.2. The summed E-state index contributed by atoms with van der Waals surface area (Å²) in [7, 11) is 1.34. The van der Waals surface area contributed by atoms with Gasteiger partial charge in [-0.15, -0.1) is 0 Å². The molecule has 0 radical (unpaired) electrons. The summed E-state index contributed by atoms with van der Waals surface area (Å²) in [6.45, 7) is 1.74. The molecule has 0 fully saturated rings. The van der Waals surface area contributed by atoms with Crippen LogP contribution in [0.3, 0.4) is 0 Å². The minimum absolute atomic E-state index is 0.307. The van der Waals surface area contributed by atoms with E-state index in [4.69, 9.17) is 0 Å². The Bertz CT molecular complexity index is 380. The van der Waals surface area contributed by atoms with Crippen LogP contribution >= 0.6 is 0 Å². The van der Waals surface area contributed by atoms with Gasteiger partial charge in [0.2, 0.25) is 0 Å². The van der Waals surface area contributed by atoms with Gasteiger partial charge in [-0.1, -0.05) is 36.4 Å². The van der Waals surface area contributed by atoms with Crippen LogP contribution in [0.15, 0.2) is 47.1 Å². The number of carbonyl (C=O) groups excluding carboxylic acids is 1. The lowest BCUT2D eigenvalue weighted by molar-refractivity contribution is -0.136. The molecule has 0 amide bonds. The Labute approximate surface area is 89.1 Å². The first-order chi connectivity index (χ1) is 7.27. The first-order valence-electron chi connectivity index (χ1n) is 4.61. The summed E-state index contributed by atoms with van der Waals surface area (Å²) in [5.74, 6) is -0.426. The van der Waals surface area contributed by atoms with Crippen molar-refractivity contribution in [3.8, 4) is 0 Å². The van der Waals surface area contributed by atoms with Crippen molar-refractivity contribution < 1.29 is 9.53 Å². The molecule has 0 bridgehead atoms. The van der Waals surface area contributed by atoms with Gasteiger partial charge in [0, 0.05) is 6.21 Å². The molecule has 0 aliphatic carbocycles. The second-order valence-corrected chi connectivity index (χ2v) is 2.83. The van der Waals surface area contributed by atoms with Crippen molar-refractivity contribution in [3.63, 3.8) is 0 Å². The lowest BCUT2D eigenvalue weighted by Gasteiger charge is -1.97. The normalized spacial score (nSPS) is 11.7. The van der Waals surface area contributed by atoms with Gasteiger partial charge in [-0.05, 0) is 12.5 Å². The summed E-state index contributed by atoms with van der Waals surface area (Å²) < 4.78 is 4.57. The van der Waals surface area contributed by atoms with E-state index in [0.717, 1.165) is 5.56 Å². The van der Waals surface area contributed by atoms with E-state index >= 15 is 0 Å². The van der Waals surface area contributed by atoms with Crippen LogP contribution in [0.5, 0.6) is 0 Å². The predicted octanol–water partition coefficient (Wildman–Crippen LogP) is 2.18. The smallest absolute Gasteiger partial charge is 0.356 e. The predicted molar refractivity (Wildman–Crippen MR) is 59.8 cm³/mol. The topological polar surface area (TPSA) is 38.7 Å². The van der Waals surface area contributed by atoms with Crippen molar-refractivity contribution in [1.29, 1.82) is 0 Å². The molecule has 0 saturated heterocycles. The van der Waals surface area contributed by atoms with Gasteiger partial charge < -0.3 is 4.74 Å². The Kier molecular flexibility index (Phi) is 4.29. The van der Waals surface area contributed by atoms with Gasteiger partial charge in [-0.2, -0.15) is 0 Å². The third-order valence-corrected chi connectivity index (χ3v) is 1.82. The van der Waals surface area contributed by atoms with Crippen LogP contribution in [0.2, 0.25) is 0 Å². The van der Waals surface area contributed by atoms with Crippen LogP contribution < -0.4 is 0 Å². The minimum atomic E-state index is -0.426. The van der Waals surface area contributed by atoms with Crippen LogP contribution in [0.4, 0.5) is 0 Å². The highest BCUT2D eigenvalue weighted by molar-refractivity contribution is 5.92. The molecule has 1 aromatic rings. The van der Waals surface area contributed by atoms with E-state index < -0.39 is 5.97 Å². The maximum absolute atomic E-state index is 11.2. The van der Waals surface area contributed by atoms with Gasteiger partial charge in [0.1, 0.15) is 5.70 Å². The number of methoxy groups -OCH3 is 1. The molecular formula is C12H13NO2. The number of ether oxygens (including phenoxy) is 1. The first kappa shape index (κ1) is 11.2. The number of benzene rings is 1. The molecule has 0 saturated carbocycles. The summed E-state index contributed by atoms with van der Waals surface area (Å²) in [6.07, 6.45) is 3.25. The number of aliphatic imine (C=N–C) groups is 1. The molecule has 0 atom stereocenters. The van der Waals surface area contributed by atoms with Crippen molar-refractivity contribution in [1.82, 2.24) is 0 Å². The first-order valence-corrected chi connectivity index (χ1v) is 4.61. The van der Waals surface area contributed by atoms with E-state index in [1.165, 1.54) is 7.11 Å². The molecule has 0 aromatic heterocycles. The molecule has 78 valence electrons. The minimum Gasteiger partial charge on any atom is -0.464 e. The zero-order valence-electron chi connectivity index (χ0n) is 8.81. The van der Waals surface area contributed by atoms with E-state index in [2.05, 4.69) is 9.73 Å². The molecule has 1 aromatic carbocycles. The van der Waals surface area contributed by atoms with Crippen molar-refractivity contribution >= 4 is 12.2 Å². The van der Waals surface area contributed by atoms with Gasteiger partial charge in [-0.25, -0.2) is 9.79 Å². The molecule has 0 aliphatic rings. The Morgan fingerprint density at radius 3 is 2.53 bits per heavy atom. The number of allylic oxidation sites excluding steroid dienone is 1. The molecule has 1 rings (SSSR count). The largest absolute Gasteiger partial charge is 0.464 e. The van der Waals surface area contributed by atoms with Gasteiger partial charge in [0.15, 0.2) is 0 Å². The van der Waals surface area contributed by atoms with E-state index in [1.807, 2.05) is 30.3 Å². The van der Waals surface area contributed by atoms with Crippen molar-refractivity contribution in [2.24, 2.45) is 4.99 Å². The number of hydrogen-bond donors (Lipinski definition) is 0. The number of hydrogen-bond acceptors (Lipinski definition) is 3. The fourth-order valence-electron chi connectivity index (χ4n) is 1.03. The Hall–Kier alpha value is -1.90. The second kappa shape index (κ2) is 5.75. The molecule has 0 aliphatic heterocycles. The van der Waals surface area contributed by atoms with E-state index in [0.29, 0.717) is 5.70 Å². The summed E-state index contributed by atoms with van der Waals surface area (Å²) in [5.41, 5.74) is 1.25. The highest BCUT2D eigenvalue weighted by Crippen LogP contribution is 2.01.